The van der Waals surface area contributed by atoms with E-state index in [-0.39, 0.29) is 5.82 Å². The third kappa shape index (κ3) is 5.64. The summed E-state index contributed by atoms with van der Waals surface area (Å²) in [6, 6.07) is 13.7. The Labute approximate surface area is 237 Å². The molecular formula is C28H29Cl2N9. The molecule has 3 aromatic heterocycles. The lowest BCUT2D eigenvalue weighted by atomic mass is 9.96. The monoisotopic (exact) mass is 561 g/mol. The normalized spacial score (nSPS) is 16.4. The summed E-state index contributed by atoms with van der Waals surface area (Å²) in [5.41, 5.74) is 9.32. The lowest BCUT2D eigenvalue weighted by Crippen LogP contribution is -2.34. The Bertz CT molecular complexity index is 1550. The first-order valence-corrected chi connectivity index (χ1v) is 14.1. The van der Waals surface area contributed by atoms with Crippen LogP contribution in [0.5, 0.6) is 0 Å². The number of piperidine rings is 1. The van der Waals surface area contributed by atoms with Gasteiger partial charge in [0, 0.05) is 40.9 Å². The molecule has 1 aliphatic heterocycles. The van der Waals surface area contributed by atoms with Crippen LogP contribution in [-0.4, -0.2) is 55.1 Å². The van der Waals surface area contributed by atoms with E-state index in [1.54, 1.807) is 22.7 Å². The number of nitrogens with two attached hydrogens (primary N) is 1. The third-order valence-electron chi connectivity index (χ3n) is 7.50. The molecule has 200 valence electrons. The summed E-state index contributed by atoms with van der Waals surface area (Å²) < 4.78 is 1.80. The van der Waals surface area contributed by atoms with E-state index in [9.17, 15) is 0 Å². The first-order chi connectivity index (χ1) is 19.0. The molecule has 4 aromatic rings. The minimum atomic E-state index is 0.261. The lowest BCUT2D eigenvalue weighted by Gasteiger charge is -2.30. The molecule has 1 aromatic carbocycles. The smallest absolute Gasteiger partial charge is 0.226 e. The first kappa shape index (κ1) is 25.8. The van der Waals surface area contributed by atoms with E-state index in [1.807, 2.05) is 24.3 Å². The zero-order valence-electron chi connectivity index (χ0n) is 21.4. The number of hydrogen-bond acceptors (Lipinski definition) is 8. The molecule has 0 unspecified atom stereocenters. The molecule has 0 bridgehead atoms. The van der Waals surface area contributed by atoms with Crippen molar-refractivity contribution < 1.29 is 0 Å². The van der Waals surface area contributed by atoms with E-state index in [0.717, 1.165) is 61.1 Å². The van der Waals surface area contributed by atoms with Crippen LogP contribution in [0, 0.1) is 11.3 Å². The van der Waals surface area contributed by atoms with Gasteiger partial charge in [-0.25, -0.2) is 15.0 Å². The molecule has 9 nitrogen and oxygen atoms in total. The number of nitrogen functional groups attached to an aromatic ring is 1. The fourth-order valence-electron chi connectivity index (χ4n) is 5.21. The van der Waals surface area contributed by atoms with E-state index >= 15 is 0 Å². The van der Waals surface area contributed by atoms with Crippen molar-refractivity contribution in [3.63, 3.8) is 0 Å². The Hall–Kier alpha value is -3.45. The topological polar surface area (TPSA) is 121 Å². The number of anilines is 2. The highest BCUT2D eigenvalue weighted by molar-refractivity contribution is 6.36. The van der Waals surface area contributed by atoms with Gasteiger partial charge in [0.1, 0.15) is 11.9 Å². The number of nitrogens with zero attached hydrogens (tertiary/aromatic N) is 7. The number of hydrogen-bond donors (Lipinski definition) is 2. The van der Waals surface area contributed by atoms with Gasteiger partial charge in [-0.1, -0.05) is 23.2 Å². The molecule has 0 spiro atoms. The van der Waals surface area contributed by atoms with Crippen molar-refractivity contribution in [2.75, 3.05) is 30.7 Å². The average molecular weight is 563 g/mol. The number of nitriles is 1. The van der Waals surface area contributed by atoms with Crippen LogP contribution in [-0.2, 0) is 6.42 Å². The molecule has 39 heavy (non-hydrogen) atoms. The minimum absolute atomic E-state index is 0.261. The molecule has 0 amide bonds. The number of aromatic nitrogens is 5. The van der Waals surface area contributed by atoms with Gasteiger partial charge in [0.2, 0.25) is 5.95 Å². The standard InChI is InChI=1S/C28H29Cl2N9/c29-19-4-8-22(23(30)14-19)24-15-25-36-27(17-9-12-38(13-10-17)21-6-7-21)37-39(25)28(35-24)33-11-1-2-20-5-3-18(16-31)26(32)34-20/h3-5,8,14-15,17,21H,1-2,6-7,9-13H2,(H2,32,34)(H,33,35). The molecule has 3 N–H and O–H groups in total. The van der Waals surface area contributed by atoms with Crippen molar-refractivity contribution in [1.82, 2.24) is 29.5 Å². The quantitative estimate of drug-likeness (QED) is 0.277. The van der Waals surface area contributed by atoms with Crippen molar-refractivity contribution in [3.05, 3.63) is 63.5 Å². The maximum atomic E-state index is 9.08. The van der Waals surface area contributed by atoms with Crippen molar-refractivity contribution in [2.45, 2.75) is 50.5 Å². The number of rotatable bonds is 8. The van der Waals surface area contributed by atoms with E-state index < -0.39 is 0 Å². The second-order valence-corrected chi connectivity index (χ2v) is 11.1. The minimum Gasteiger partial charge on any atom is -0.383 e. The average Bonchev–Trinajstić information content (AvgIpc) is 3.69. The molecule has 4 heterocycles. The molecule has 11 heteroatoms. The SMILES string of the molecule is N#Cc1ccc(CCCNc2nc(-c3ccc(Cl)cc3Cl)cc3nc(C4CCN(C5CC5)CC4)nn23)nc1N. The van der Waals surface area contributed by atoms with Gasteiger partial charge in [-0.05, 0) is 81.9 Å². The van der Waals surface area contributed by atoms with Crippen LogP contribution < -0.4 is 11.1 Å². The summed E-state index contributed by atoms with van der Waals surface area (Å²) in [4.78, 5) is 16.8. The number of aryl methyl sites for hydroxylation is 1. The molecule has 2 aliphatic rings. The lowest BCUT2D eigenvalue weighted by molar-refractivity contribution is 0.200. The fraction of sp³-hybridized carbons (Fsp3) is 0.393. The van der Waals surface area contributed by atoms with Gasteiger partial charge in [0.15, 0.2) is 11.5 Å². The highest BCUT2D eigenvalue weighted by Crippen LogP contribution is 2.35. The molecule has 1 saturated carbocycles. The van der Waals surface area contributed by atoms with E-state index in [2.05, 4.69) is 15.2 Å². The summed E-state index contributed by atoms with van der Waals surface area (Å²) in [5, 5.41) is 18.5. The molecule has 1 aliphatic carbocycles. The fourth-order valence-corrected chi connectivity index (χ4v) is 5.72. The molecule has 6 rings (SSSR count). The van der Waals surface area contributed by atoms with Gasteiger partial charge in [-0.3, -0.25) is 0 Å². The largest absolute Gasteiger partial charge is 0.383 e. The number of likely N-dealkylation sites (tertiary alicyclic amines) is 1. The Balaban J connectivity index is 1.24. The Morgan fingerprint density at radius 3 is 2.56 bits per heavy atom. The Morgan fingerprint density at radius 2 is 1.85 bits per heavy atom. The van der Waals surface area contributed by atoms with Crippen LogP contribution in [0.3, 0.4) is 0 Å². The summed E-state index contributed by atoms with van der Waals surface area (Å²) in [6.45, 7) is 2.85. The van der Waals surface area contributed by atoms with Gasteiger partial charge >= 0.3 is 0 Å². The van der Waals surface area contributed by atoms with Gasteiger partial charge in [-0.2, -0.15) is 9.78 Å². The number of pyridine rings is 1. The highest BCUT2D eigenvalue weighted by atomic mass is 35.5. The van der Waals surface area contributed by atoms with Crippen molar-refractivity contribution in [2.24, 2.45) is 0 Å². The summed E-state index contributed by atoms with van der Waals surface area (Å²) in [7, 11) is 0. The van der Waals surface area contributed by atoms with Gasteiger partial charge in [0.05, 0.1) is 16.3 Å². The number of benzene rings is 1. The number of halogens is 2. The molecule has 2 fully saturated rings. The molecule has 1 saturated heterocycles. The second kappa shape index (κ2) is 11.0. The Kier molecular flexibility index (Phi) is 7.26. The molecule has 0 radical (unpaired) electrons. The van der Waals surface area contributed by atoms with Crippen LogP contribution in [0.4, 0.5) is 11.8 Å². The van der Waals surface area contributed by atoms with Gasteiger partial charge < -0.3 is 16.0 Å². The van der Waals surface area contributed by atoms with Crippen molar-refractivity contribution >= 4 is 40.6 Å². The maximum absolute atomic E-state index is 9.08. The van der Waals surface area contributed by atoms with Crippen LogP contribution in [0.15, 0.2) is 36.4 Å². The zero-order chi connectivity index (χ0) is 26.9. The predicted octanol–water partition coefficient (Wildman–Crippen LogP) is 5.33. The summed E-state index contributed by atoms with van der Waals surface area (Å²) >= 11 is 12.7. The van der Waals surface area contributed by atoms with E-state index in [1.165, 1.54) is 12.8 Å². The van der Waals surface area contributed by atoms with E-state index in [0.29, 0.717) is 46.1 Å². The first-order valence-electron chi connectivity index (χ1n) is 13.3. The predicted molar refractivity (Wildman–Crippen MR) is 153 cm³/mol. The Morgan fingerprint density at radius 1 is 1.03 bits per heavy atom. The van der Waals surface area contributed by atoms with Crippen LogP contribution in [0.2, 0.25) is 10.0 Å². The van der Waals surface area contributed by atoms with Crippen LogP contribution in [0.1, 0.15) is 55.1 Å². The zero-order valence-corrected chi connectivity index (χ0v) is 23.0. The molecule has 0 atom stereocenters. The second-order valence-electron chi connectivity index (χ2n) is 10.2. The van der Waals surface area contributed by atoms with Crippen molar-refractivity contribution in [3.8, 4) is 17.3 Å². The summed E-state index contributed by atoms with van der Waals surface area (Å²) in [5.74, 6) is 2.07. The van der Waals surface area contributed by atoms with Gasteiger partial charge in [0.25, 0.3) is 0 Å². The maximum Gasteiger partial charge on any atom is 0.226 e. The van der Waals surface area contributed by atoms with Crippen LogP contribution >= 0.6 is 23.2 Å². The number of nitrogens with one attached hydrogen (secondary N) is 1. The van der Waals surface area contributed by atoms with Crippen molar-refractivity contribution in [1.29, 1.82) is 5.26 Å². The van der Waals surface area contributed by atoms with E-state index in [4.69, 9.17) is 49.3 Å². The molecular weight excluding hydrogens is 533 g/mol. The van der Waals surface area contributed by atoms with Crippen LogP contribution in [0.25, 0.3) is 16.9 Å². The van der Waals surface area contributed by atoms with Gasteiger partial charge in [-0.15, -0.1) is 5.10 Å². The number of fused-ring (bicyclic) bond motifs is 1. The third-order valence-corrected chi connectivity index (χ3v) is 8.05. The summed E-state index contributed by atoms with van der Waals surface area (Å²) in [6.07, 6.45) is 6.30. The highest BCUT2D eigenvalue weighted by Gasteiger charge is 2.33.